The van der Waals surface area contributed by atoms with Crippen LogP contribution >= 0.6 is 11.8 Å². The van der Waals surface area contributed by atoms with E-state index in [2.05, 4.69) is 31.2 Å². The molecule has 0 aliphatic heterocycles. The van der Waals surface area contributed by atoms with Gasteiger partial charge in [-0.2, -0.15) is 11.8 Å². The highest BCUT2D eigenvalue weighted by atomic mass is 32.2. The molecule has 1 aromatic rings. The molecule has 0 aliphatic carbocycles. The van der Waals surface area contributed by atoms with E-state index in [9.17, 15) is 0 Å². The molecule has 0 bridgehead atoms. The number of hydrogen-bond donors (Lipinski definition) is 0. The van der Waals surface area contributed by atoms with E-state index >= 15 is 0 Å². The summed E-state index contributed by atoms with van der Waals surface area (Å²) in [6.45, 7) is 4.33. The molecule has 0 fully saturated rings. The van der Waals surface area contributed by atoms with Crippen molar-refractivity contribution in [3.05, 3.63) is 29.6 Å². The number of nitrogens with zero attached hydrogens (tertiary/aromatic N) is 1. The van der Waals surface area contributed by atoms with Crippen LogP contribution in [0.4, 0.5) is 0 Å². The Morgan fingerprint density at radius 1 is 1.58 bits per heavy atom. The maximum Gasteiger partial charge on any atom is 0.0407 e. The van der Waals surface area contributed by atoms with Crippen LogP contribution in [0.5, 0.6) is 0 Å². The third-order valence-electron chi connectivity index (χ3n) is 2.00. The quantitative estimate of drug-likeness (QED) is 0.711. The van der Waals surface area contributed by atoms with Gasteiger partial charge >= 0.3 is 0 Å². The molecular formula is C10H15NS. The summed E-state index contributed by atoms with van der Waals surface area (Å²) in [7, 11) is 0. The summed E-state index contributed by atoms with van der Waals surface area (Å²) in [5.74, 6) is 1.79. The van der Waals surface area contributed by atoms with Crippen molar-refractivity contribution < 1.29 is 0 Å². The summed E-state index contributed by atoms with van der Waals surface area (Å²) in [6, 6.07) is 4.18. The molecule has 66 valence electrons. The molecule has 1 nitrogen and oxygen atoms in total. The Hall–Kier alpha value is -0.500. The molecule has 0 unspecified atom stereocenters. The van der Waals surface area contributed by atoms with Crippen molar-refractivity contribution in [2.24, 2.45) is 0 Å². The van der Waals surface area contributed by atoms with Crippen molar-refractivity contribution >= 4 is 11.8 Å². The van der Waals surface area contributed by atoms with Crippen LogP contribution in [0.2, 0.25) is 0 Å². The van der Waals surface area contributed by atoms with Gasteiger partial charge in [-0.05, 0) is 36.5 Å². The Kier molecular flexibility index (Phi) is 3.60. The molecule has 12 heavy (non-hydrogen) atoms. The number of hydrogen-bond acceptors (Lipinski definition) is 2. The van der Waals surface area contributed by atoms with Crippen molar-refractivity contribution in [2.45, 2.75) is 19.8 Å². The first-order valence-corrected chi connectivity index (χ1v) is 5.55. The molecule has 0 radical (unpaired) electrons. The van der Waals surface area contributed by atoms with Gasteiger partial charge in [0.05, 0.1) is 0 Å². The van der Waals surface area contributed by atoms with Gasteiger partial charge in [-0.3, -0.25) is 4.98 Å². The van der Waals surface area contributed by atoms with E-state index in [1.165, 1.54) is 17.0 Å². The summed E-state index contributed by atoms with van der Waals surface area (Å²) >= 11 is 1.89. The zero-order valence-electron chi connectivity index (χ0n) is 7.87. The van der Waals surface area contributed by atoms with Gasteiger partial charge in [-0.1, -0.05) is 13.0 Å². The molecule has 0 saturated carbocycles. The van der Waals surface area contributed by atoms with Crippen molar-refractivity contribution in [1.29, 1.82) is 0 Å². The summed E-state index contributed by atoms with van der Waals surface area (Å²) in [4.78, 5) is 4.27. The smallest absolute Gasteiger partial charge is 0.0407 e. The van der Waals surface area contributed by atoms with Gasteiger partial charge in [-0.25, -0.2) is 0 Å². The average Bonchev–Trinajstić information content (AvgIpc) is 2.05. The fraction of sp³-hybridized carbons (Fsp3) is 0.500. The Morgan fingerprint density at radius 2 is 2.33 bits per heavy atom. The maximum atomic E-state index is 4.27. The van der Waals surface area contributed by atoms with Crippen LogP contribution in [-0.4, -0.2) is 17.0 Å². The van der Waals surface area contributed by atoms with Crippen molar-refractivity contribution in [1.82, 2.24) is 4.98 Å². The largest absolute Gasteiger partial charge is 0.261 e. The van der Waals surface area contributed by atoms with Crippen LogP contribution in [0.1, 0.15) is 24.1 Å². The first kappa shape index (κ1) is 9.59. The second-order valence-electron chi connectivity index (χ2n) is 3.03. The van der Waals surface area contributed by atoms with Crippen molar-refractivity contribution in [3.63, 3.8) is 0 Å². The summed E-state index contributed by atoms with van der Waals surface area (Å²) in [6.07, 6.45) is 3.99. The van der Waals surface area contributed by atoms with E-state index in [0.717, 1.165) is 0 Å². The second kappa shape index (κ2) is 4.51. The molecule has 1 atom stereocenters. The van der Waals surface area contributed by atoms with Crippen LogP contribution < -0.4 is 0 Å². The summed E-state index contributed by atoms with van der Waals surface area (Å²) < 4.78 is 0. The number of pyridine rings is 1. The molecule has 1 aromatic heterocycles. The first-order valence-electron chi connectivity index (χ1n) is 4.16. The lowest BCUT2D eigenvalue weighted by molar-refractivity contribution is 0.856. The van der Waals surface area contributed by atoms with E-state index in [1.54, 1.807) is 0 Å². The molecule has 0 saturated heterocycles. The van der Waals surface area contributed by atoms with E-state index in [0.29, 0.717) is 5.92 Å². The fourth-order valence-corrected chi connectivity index (χ4v) is 2.04. The van der Waals surface area contributed by atoms with E-state index < -0.39 is 0 Å². The van der Waals surface area contributed by atoms with E-state index in [4.69, 9.17) is 0 Å². The lowest BCUT2D eigenvalue weighted by Crippen LogP contribution is -2.00. The van der Waals surface area contributed by atoms with Crippen LogP contribution in [-0.2, 0) is 0 Å². The summed E-state index contributed by atoms with van der Waals surface area (Å²) in [5, 5.41) is 0. The van der Waals surface area contributed by atoms with Crippen LogP contribution in [0.15, 0.2) is 18.3 Å². The van der Waals surface area contributed by atoms with Gasteiger partial charge in [0.15, 0.2) is 0 Å². The maximum absolute atomic E-state index is 4.27. The highest BCUT2D eigenvalue weighted by molar-refractivity contribution is 7.98. The fourth-order valence-electron chi connectivity index (χ4n) is 1.36. The normalized spacial score (nSPS) is 12.9. The Balaban J connectivity index is 2.79. The number of aryl methyl sites for hydroxylation is 1. The Labute approximate surface area is 78.6 Å². The minimum absolute atomic E-state index is 0.619. The average molecular weight is 181 g/mol. The monoisotopic (exact) mass is 181 g/mol. The minimum Gasteiger partial charge on any atom is -0.261 e. The first-order chi connectivity index (χ1) is 5.75. The highest BCUT2D eigenvalue weighted by Crippen LogP contribution is 2.20. The zero-order valence-corrected chi connectivity index (χ0v) is 8.69. The lowest BCUT2D eigenvalue weighted by Gasteiger charge is -2.11. The van der Waals surface area contributed by atoms with E-state index in [1.807, 2.05) is 24.0 Å². The molecule has 0 N–H and O–H groups in total. The minimum atomic E-state index is 0.619. The van der Waals surface area contributed by atoms with Crippen LogP contribution in [0.25, 0.3) is 0 Å². The van der Waals surface area contributed by atoms with Crippen molar-refractivity contribution in [3.8, 4) is 0 Å². The number of rotatable bonds is 3. The van der Waals surface area contributed by atoms with Gasteiger partial charge in [0, 0.05) is 11.9 Å². The van der Waals surface area contributed by atoms with Gasteiger partial charge in [0.2, 0.25) is 0 Å². The number of aromatic nitrogens is 1. The van der Waals surface area contributed by atoms with Crippen LogP contribution in [0, 0.1) is 6.92 Å². The third kappa shape index (κ3) is 2.24. The van der Waals surface area contributed by atoms with E-state index in [-0.39, 0.29) is 0 Å². The predicted molar refractivity (Wildman–Crippen MR) is 55.8 cm³/mol. The molecule has 0 amide bonds. The molecule has 0 aromatic carbocycles. The van der Waals surface area contributed by atoms with Crippen LogP contribution in [0.3, 0.4) is 0 Å². The number of thioether (sulfide) groups is 1. The topological polar surface area (TPSA) is 12.9 Å². The lowest BCUT2D eigenvalue weighted by atomic mass is 10.0. The Bertz CT molecular complexity index is 247. The van der Waals surface area contributed by atoms with Gasteiger partial charge in [0.25, 0.3) is 0 Å². The predicted octanol–water partition coefficient (Wildman–Crippen LogP) is 2.86. The van der Waals surface area contributed by atoms with Gasteiger partial charge in [-0.15, -0.1) is 0 Å². The summed E-state index contributed by atoms with van der Waals surface area (Å²) in [5.41, 5.74) is 2.55. The molecule has 0 spiro atoms. The second-order valence-corrected chi connectivity index (χ2v) is 3.95. The zero-order chi connectivity index (χ0) is 8.97. The van der Waals surface area contributed by atoms with Crippen molar-refractivity contribution in [2.75, 3.05) is 12.0 Å². The molecule has 0 aliphatic rings. The highest BCUT2D eigenvalue weighted by Gasteiger charge is 2.06. The van der Waals surface area contributed by atoms with Gasteiger partial charge < -0.3 is 0 Å². The third-order valence-corrected chi connectivity index (χ3v) is 2.83. The molecule has 1 rings (SSSR count). The van der Waals surface area contributed by atoms with Gasteiger partial charge in [0.1, 0.15) is 0 Å². The molecule has 1 heterocycles. The standard InChI is InChI=1S/C10H15NS/c1-8(7-12-3)10-5-4-6-11-9(10)2/h4-6,8H,7H2,1-3H3/t8-/m1/s1. The molecular weight excluding hydrogens is 166 g/mol. The Morgan fingerprint density at radius 3 is 2.92 bits per heavy atom. The molecule has 2 heteroatoms. The SMILES string of the molecule is CSC[C@@H](C)c1cccnc1C.